The van der Waals surface area contributed by atoms with Crippen LogP contribution in [0.5, 0.6) is 0 Å². The Labute approximate surface area is 307 Å². The molecule has 0 spiro atoms. The fourth-order valence-electron chi connectivity index (χ4n) is 8.49. The first-order valence-corrected chi connectivity index (χ1v) is 18.2. The molecule has 246 valence electrons. The van der Waals surface area contributed by atoms with Gasteiger partial charge in [-0.1, -0.05) is 164 Å². The highest BCUT2D eigenvalue weighted by molar-refractivity contribution is 6.15. The lowest BCUT2D eigenvalue weighted by atomic mass is 9.90. The summed E-state index contributed by atoms with van der Waals surface area (Å²) < 4.78 is 6.82. The first kappa shape index (κ1) is 29.7. The van der Waals surface area contributed by atoms with Crippen LogP contribution in [0.3, 0.4) is 0 Å². The Morgan fingerprint density at radius 2 is 0.755 bits per heavy atom. The summed E-state index contributed by atoms with van der Waals surface area (Å²) in [6, 6.07) is 70.5. The third kappa shape index (κ3) is 4.79. The van der Waals surface area contributed by atoms with E-state index in [4.69, 9.17) is 4.42 Å². The van der Waals surface area contributed by atoms with Crippen molar-refractivity contribution in [1.82, 2.24) is 0 Å². The number of fused-ring (bicyclic) bond motifs is 8. The fraction of sp³-hybridized carbons (Fsp3) is 0. The van der Waals surface area contributed by atoms with Crippen molar-refractivity contribution in [3.05, 3.63) is 194 Å². The molecule has 0 aliphatic heterocycles. The van der Waals surface area contributed by atoms with Gasteiger partial charge in [0.25, 0.3) is 0 Å². The number of rotatable bonds is 4. The molecule has 0 N–H and O–H groups in total. The van der Waals surface area contributed by atoms with Gasteiger partial charge in [-0.3, -0.25) is 0 Å². The molecule has 0 saturated carbocycles. The molecule has 11 aromatic rings. The number of furan rings is 1. The average Bonchev–Trinajstić information content (AvgIpc) is 3.60. The van der Waals surface area contributed by atoms with E-state index in [1.54, 1.807) is 0 Å². The van der Waals surface area contributed by atoms with E-state index in [-0.39, 0.29) is 0 Å². The fourth-order valence-corrected chi connectivity index (χ4v) is 8.49. The molecule has 0 atom stereocenters. The minimum atomic E-state index is 0.888. The maximum Gasteiger partial charge on any atom is 0.143 e. The summed E-state index contributed by atoms with van der Waals surface area (Å²) in [5, 5.41) is 12.3. The molecule has 0 bridgehead atoms. The molecule has 53 heavy (non-hydrogen) atoms. The Kier molecular flexibility index (Phi) is 6.62. The second-order valence-corrected chi connectivity index (χ2v) is 14.0. The first-order chi connectivity index (χ1) is 26.3. The van der Waals surface area contributed by atoms with Gasteiger partial charge in [0, 0.05) is 16.3 Å². The van der Waals surface area contributed by atoms with Crippen LogP contribution in [0, 0.1) is 0 Å². The molecule has 0 unspecified atom stereocenters. The van der Waals surface area contributed by atoms with Crippen LogP contribution in [0.15, 0.2) is 199 Å². The van der Waals surface area contributed by atoms with Crippen molar-refractivity contribution < 1.29 is 4.42 Å². The van der Waals surface area contributed by atoms with Crippen molar-refractivity contribution in [1.29, 1.82) is 0 Å². The van der Waals surface area contributed by atoms with Crippen molar-refractivity contribution in [2.75, 3.05) is 0 Å². The van der Waals surface area contributed by atoms with E-state index in [9.17, 15) is 0 Å². The second kappa shape index (κ2) is 11.8. The van der Waals surface area contributed by atoms with E-state index in [0.717, 1.165) is 33.1 Å². The van der Waals surface area contributed by atoms with Crippen LogP contribution in [0.2, 0.25) is 0 Å². The van der Waals surface area contributed by atoms with Crippen LogP contribution < -0.4 is 0 Å². The third-order valence-electron chi connectivity index (χ3n) is 11.0. The molecule has 1 aromatic heterocycles. The van der Waals surface area contributed by atoms with Gasteiger partial charge in [0.2, 0.25) is 0 Å². The van der Waals surface area contributed by atoms with Gasteiger partial charge in [0.1, 0.15) is 11.2 Å². The zero-order valence-electron chi connectivity index (χ0n) is 28.9. The zero-order valence-corrected chi connectivity index (χ0v) is 28.9. The summed E-state index contributed by atoms with van der Waals surface area (Å²) in [5.41, 5.74) is 11.2. The summed E-state index contributed by atoms with van der Waals surface area (Å²) in [6.07, 6.45) is 0. The third-order valence-corrected chi connectivity index (χ3v) is 11.0. The van der Waals surface area contributed by atoms with E-state index in [0.29, 0.717) is 0 Å². The van der Waals surface area contributed by atoms with Crippen LogP contribution in [-0.2, 0) is 0 Å². The summed E-state index contributed by atoms with van der Waals surface area (Å²) in [5.74, 6) is 0. The minimum Gasteiger partial charge on any atom is -0.455 e. The molecule has 0 radical (unpaired) electrons. The molecule has 0 fully saturated rings. The quantitative estimate of drug-likeness (QED) is 0.170. The zero-order chi connectivity index (χ0) is 34.9. The Morgan fingerprint density at radius 3 is 1.45 bits per heavy atom. The lowest BCUT2D eigenvalue weighted by Crippen LogP contribution is -1.87. The highest BCUT2D eigenvalue weighted by Gasteiger charge is 2.18. The minimum absolute atomic E-state index is 0.888. The predicted octanol–water partition coefficient (Wildman–Crippen LogP) is 14.9. The summed E-state index contributed by atoms with van der Waals surface area (Å²) >= 11 is 0. The van der Waals surface area contributed by atoms with Crippen LogP contribution >= 0.6 is 0 Å². The standard InChI is InChI=1S/C52H32O/c1-4-16-40-33(11-1)14-9-21-42(40)38-27-28-51-49(30-38)50-32-39(44-22-10-15-34-12-2-5-17-41(34)44)31-48(52(50)53-51)36-25-23-35(24-26-36)47-29-37-13-3-6-18-43(37)45-19-7-8-20-46(45)47/h1-32H. The van der Waals surface area contributed by atoms with Crippen LogP contribution in [-0.4, -0.2) is 0 Å². The van der Waals surface area contributed by atoms with Crippen molar-refractivity contribution in [2.45, 2.75) is 0 Å². The molecular formula is C52H32O. The van der Waals surface area contributed by atoms with E-state index in [2.05, 4.69) is 194 Å². The molecule has 0 aliphatic carbocycles. The van der Waals surface area contributed by atoms with Crippen LogP contribution in [0.1, 0.15) is 0 Å². The lowest BCUT2D eigenvalue weighted by Gasteiger charge is -2.13. The monoisotopic (exact) mass is 672 g/mol. The van der Waals surface area contributed by atoms with Gasteiger partial charge in [-0.05, 0) is 112 Å². The maximum atomic E-state index is 6.82. The Hall–Kier alpha value is -6.96. The highest BCUT2D eigenvalue weighted by atomic mass is 16.3. The molecule has 1 nitrogen and oxygen atoms in total. The van der Waals surface area contributed by atoms with Crippen LogP contribution in [0.4, 0.5) is 0 Å². The van der Waals surface area contributed by atoms with E-state index >= 15 is 0 Å². The van der Waals surface area contributed by atoms with E-state index < -0.39 is 0 Å². The second-order valence-electron chi connectivity index (χ2n) is 14.0. The molecule has 1 heteroatoms. The largest absolute Gasteiger partial charge is 0.455 e. The summed E-state index contributed by atoms with van der Waals surface area (Å²) in [6.45, 7) is 0. The van der Waals surface area contributed by atoms with Crippen molar-refractivity contribution in [3.8, 4) is 44.5 Å². The van der Waals surface area contributed by atoms with Gasteiger partial charge in [-0.25, -0.2) is 0 Å². The van der Waals surface area contributed by atoms with Crippen molar-refractivity contribution in [3.63, 3.8) is 0 Å². The Balaban J connectivity index is 1.13. The SMILES string of the molecule is c1ccc2c(-c3ccc4oc5c(-c6ccc(-c7cc8ccccc8c8ccccc78)cc6)cc(-c6cccc7ccccc67)cc5c4c3)cccc2c1. The summed E-state index contributed by atoms with van der Waals surface area (Å²) in [4.78, 5) is 0. The summed E-state index contributed by atoms with van der Waals surface area (Å²) in [7, 11) is 0. The van der Waals surface area contributed by atoms with Crippen LogP contribution in [0.25, 0.3) is 110 Å². The maximum absolute atomic E-state index is 6.82. The average molecular weight is 673 g/mol. The van der Waals surface area contributed by atoms with E-state index in [1.165, 1.54) is 76.5 Å². The lowest BCUT2D eigenvalue weighted by molar-refractivity contribution is 0.670. The van der Waals surface area contributed by atoms with Gasteiger partial charge in [-0.15, -0.1) is 0 Å². The molecular weight excluding hydrogens is 641 g/mol. The molecule has 0 amide bonds. The first-order valence-electron chi connectivity index (χ1n) is 18.2. The van der Waals surface area contributed by atoms with Gasteiger partial charge in [-0.2, -0.15) is 0 Å². The van der Waals surface area contributed by atoms with Gasteiger partial charge in [0.15, 0.2) is 0 Å². The predicted molar refractivity (Wildman–Crippen MR) is 225 cm³/mol. The topological polar surface area (TPSA) is 13.1 Å². The normalized spacial score (nSPS) is 11.8. The Bertz CT molecular complexity index is 3210. The molecule has 0 aliphatic rings. The number of hydrogen-bond acceptors (Lipinski definition) is 1. The number of hydrogen-bond donors (Lipinski definition) is 0. The van der Waals surface area contributed by atoms with E-state index in [1.807, 2.05) is 0 Å². The number of benzene rings is 10. The van der Waals surface area contributed by atoms with Gasteiger partial charge < -0.3 is 4.42 Å². The van der Waals surface area contributed by atoms with Crippen molar-refractivity contribution in [2.24, 2.45) is 0 Å². The van der Waals surface area contributed by atoms with Crippen molar-refractivity contribution >= 4 is 65.0 Å². The van der Waals surface area contributed by atoms with Gasteiger partial charge in [0.05, 0.1) is 0 Å². The van der Waals surface area contributed by atoms with Gasteiger partial charge >= 0.3 is 0 Å². The smallest absolute Gasteiger partial charge is 0.143 e. The Morgan fingerprint density at radius 1 is 0.245 bits per heavy atom. The highest BCUT2D eigenvalue weighted by Crippen LogP contribution is 2.43. The molecule has 1 heterocycles. The molecule has 10 aromatic carbocycles. The molecule has 0 saturated heterocycles. The molecule has 11 rings (SSSR count).